The van der Waals surface area contributed by atoms with Gasteiger partial charge in [-0.25, -0.2) is 17.6 Å². The van der Waals surface area contributed by atoms with E-state index in [2.05, 4.69) is 0 Å². The van der Waals surface area contributed by atoms with Crippen LogP contribution in [0.4, 0.5) is 4.39 Å². The van der Waals surface area contributed by atoms with E-state index in [1.54, 1.807) is 0 Å². The van der Waals surface area contributed by atoms with Crippen molar-refractivity contribution in [3.05, 3.63) is 28.5 Å². The molecule has 0 heterocycles. The molecule has 0 bridgehead atoms. The third-order valence-electron chi connectivity index (χ3n) is 1.51. The second-order valence-electron chi connectivity index (χ2n) is 2.51. The molecule has 1 rings (SSSR count). The fourth-order valence-corrected chi connectivity index (χ4v) is 2.02. The van der Waals surface area contributed by atoms with Gasteiger partial charge >= 0.3 is 5.97 Å². The second kappa shape index (κ2) is 3.96. The molecule has 0 atom stereocenters. The Morgan fingerprint density at radius 3 is 2.33 bits per heavy atom. The van der Waals surface area contributed by atoms with E-state index in [0.717, 1.165) is 0 Å². The van der Waals surface area contributed by atoms with E-state index in [9.17, 15) is 17.6 Å². The lowest BCUT2D eigenvalue weighted by Crippen LogP contribution is -2.03. The molecule has 0 unspecified atom stereocenters. The predicted octanol–water partition coefficient (Wildman–Crippen LogP) is 2.10. The Balaban J connectivity index is 3.58. The maximum Gasteiger partial charge on any atom is 0.337 e. The third kappa shape index (κ3) is 2.58. The van der Waals surface area contributed by atoms with Crippen LogP contribution in [0.15, 0.2) is 17.0 Å². The van der Waals surface area contributed by atoms with Crippen LogP contribution in [-0.2, 0) is 9.05 Å². The number of aromatic carboxylic acids is 1. The summed E-state index contributed by atoms with van der Waals surface area (Å²) in [4.78, 5) is 9.66. The predicted molar refractivity (Wildman–Crippen MR) is 51.4 cm³/mol. The zero-order valence-electron chi connectivity index (χ0n) is 6.87. The van der Waals surface area contributed by atoms with Gasteiger partial charge in [0, 0.05) is 10.7 Å². The highest BCUT2D eigenvalue weighted by Crippen LogP contribution is 2.26. The molecule has 1 aromatic carbocycles. The van der Waals surface area contributed by atoms with Gasteiger partial charge in [0.15, 0.2) is 0 Å². The Morgan fingerprint density at radius 2 is 1.93 bits per heavy atom. The van der Waals surface area contributed by atoms with E-state index < -0.39 is 36.3 Å². The van der Waals surface area contributed by atoms with E-state index in [1.807, 2.05) is 0 Å². The quantitative estimate of drug-likeness (QED) is 0.837. The second-order valence-corrected chi connectivity index (χ2v) is 5.45. The van der Waals surface area contributed by atoms with Gasteiger partial charge in [-0.2, -0.15) is 0 Å². The molecule has 0 aliphatic heterocycles. The van der Waals surface area contributed by atoms with Crippen LogP contribution in [0.3, 0.4) is 0 Å². The molecule has 15 heavy (non-hydrogen) atoms. The molecule has 0 saturated heterocycles. The molecule has 0 aliphatic rings. The highest BCUT2D eigenvalue weighted by Gasteiger charge is 2.21. The molecule has 0 aliphatic carbocycles. The van der Waals surface area contributed by atoms with Gasteiger partial charge in [-0.15, -0.1) is 0 Å². The van der Waals surface area contributed by atoms with Gasteiger partial charge in [0.25, 0.3) is 9.05 Å². The molecule has 0 fully saturated rings. The Bertz CT molecular complexity index is 526. The number of carboxylic acids is 1. The number of hydrogen-bond acceptors (Lipinski definition) is 3. The monoisotopic (exact) mass is 272 g/mol. The van der Waals surface area contributed by atoms with Gasteiger partial charge in [-0.3, -0.25) is 0 Å². The Morgan fingerprint density at radius 1 is 1.40 bits per heavy atom. The summed E-state index contributed by atoms with van der Waals surface area (Å²) in [5.41, 5.74) is -0.530. The van der Waals surface area contributed by atoms with Crippen LogP contribution in [0.1, 0.15) is 10.4 Å². The van der Waals surface area contributed by atoms with Gasteiger partial charge < -0.3 is 5.11 Å². The maximum atomic E-state index is 13.0. The van der Waals surface area contributed by atoms with E-state index >= 15 is 0 Å². The van der Waals surface area contributed by atoms with E-state index in [0.29, 0.717) is 12.1 Å². The number of hydrogen-bond donors (Lipinski definition) is 1. The number of benzene rings is 1. The fourth-order valence-electron chi connectivity index (χ4n) is 0.880. The first kappa shape index (κ1) is 12.2. The highest BCUT2D eigenvalue weighted by atomic mass is 35.7. The van der Waals surface area contributed by atoms with Gasteiger partial charge in [-0.1, -0.05) is 11.6 Å². The summed E-state index contributed by atoms with van der Waals surface area (Å²) >= 11 is 5.39. The topological polar surface area (TPSA) is 71.4 Å². The van der Waals surface area contributed by atoms with Crippen LogP contribution < -0.4 is 0 Å². The van der Waals surface area contributed by atoms with Crippen molar-refractivity contribution in [2.75, 3.05) is 0 Å². The average Bonchev–Trinajstić information content (AvgIpc) is 2.00. The standard InChI is InChI=1S/C7H3Cl2FO4S/c8-4-2-5(10)6(15(9,13)14)1-3(4)7(11)12/h1-2H,(H,11,12). The Hall–Kier alpha value is -0.850. The van der Waals surface area contributed by atoms with Gasteiger partial charge in [-0.05, 0) is 12.1 Å². The van der Waals surface area contributed by atoms with Crippen LogP contribution in [0, 0.1) is 5.82 Å². The van der Waals surface area contributed by atoms with Crippen molar-refractivity contribution in [1.82, 2.24) is 0 Å². The summed E-state index contributed by atoms with van der Waals surface area (Å²) in [5, 5.41) is 8.20. The van der Waals surface area contributed by atoms with Crippen molar-refractivity contribution in [3.8, 4) is 0 Å². The first-order chi connectivity index (χ1) is 6.73. The summed E-state index contributed by atoms with van der Waals surface area (Å²) < 4.78 is 34.7. The molecule has 0 amide bonds. The highest BCUT2D eigenvalue weighted by molar-refractivity contribution is 8.13. The molecule has 1 N–H and O–H groups in total. The average molecular weight is 273 g/mol. The first-order valence-corrected chi connectivity index (χ1v) is 6.09. The fraction of sp³-hybridized carbons (Fsp3) is 0. The van der Waals surface area contributed by atoms with E-state index in [4.69, 9.17) is 27.4 Å². The molecule has 0 aromatic heterocycles. The van der Waals surface area contributed by atoms with Crippen molar-refractivity contribution in [3.63, 3.8) is 0 Å². The van der Waals surface area contributed by atoms with Crippen LogP contribution in [-0.4, -0.2) is 19.5 Å². The molecule has 1 aromatic rings. The SMILES string of the molecule is O=C(O)c1cc(S(=O)(=O)Cl)c(F)cc1Cl. The normalized spacial score (nSPS) is 11.4. The van der Waals surface area contributed by atoms with E-state index in [1.165, 1.54) is 0 Å². The molecular formula is C7H3Cl2FO4S. The number of halogens is 3. The smallest absolute Gasteiger partial charge is 0.337 e. The van der Waals surface area contributed by atoms with Crippen LogP contribution >= 0.6 is 22.3 Å². The van der Waals surface area contributed by atoms with E-state index in [-0.39, 0.29) is 0 Å². The third-order valence-corrected chi connectivity index (χ3v) is 3.16. The summed E-state index contributed by atoms with van der Waals surface area (Å²) in [5.74, 6) is -2.67. The molecule has 8 heteroatoms. The van der Waals surface area contributed by atoms with Gasteiger partial charge in [0.05, 0.1) is 10.6 Å². The van der Waals surface area contributed by atoms with Crippen LogP contribution in [0.25, 0.3) is 0 Å². The van der Waals surface area contributed by atoms with Crippen molar-refractivity contribution in [2.24, 2.45) is 0 Å². The summed E-state index contributed by atoms with van der Waals surface area (Å²) in [6, 6.07) is 1.16. The van der Waals surface area contributed by atoms with Crippen LogP contribution in [0.5, 0.6) is 0 Å². The van der Waals surface area contributed by atoms with Gasteiger partial charge in [0.1, 0.15) is 10.7 Å². The van der Waals surface area contributed by atoms with Crippen LogP contribution in [0.2, 0.25) is 5.02 Å². The zero-order valence-corrected chi connectivity index (χ0v) is 9.20. The number of carboxylic acid groups (broad SMARTS) is 1. The molecule has 0 radical (unpaired) electrons. The zero-order chi connectivity index (χ0) is 11.8. The Kier molecular flexibility index (Phi) is 3.22. The minimum absolute atomic E-state index is 0.399. The summed E-state index contributed by atoms with van der Waals surface area (Å²) in [6.07, 6.45) is 0. The molecular weight excluding hydrogens is 270 g/mol. The van der Waals surface area contributed by atoms with Gasteiger partial charge in [0.2, 0.25) is 0 Å². The lowest BCUT2D eigenvalue weighted by atomic mass is 10.2. The number of carbonyl (C=O) groups is 1. The van der Waals surface area contributed by atoms with Crippen molar-refractivity contribution in [2.45, 2.75) is 4.90 Å². The molecule has 0 spiro atoms. The van der Waals surface area contributed by atoms with Crippen molar-refractivity contribution >= 4 is 37.3 Å². The summed E-state index contributed by atoms with van der Waals surface area (Å²) in [6.45, 7) is 0. The Labute approximate surface area is 93.7 Å². The lowest BCUT2D eigenvalue weighted by Gasteiger charge is -2.02. The van der Waals surface area contributed by atoms with Crippen molar-refractivity contribution < 1.29 is 22.7 Å². The minimum atomic E-state index is -4.33. The largest absolute Gasteiger partial charge is 0.478 e. The molecule has 4 nitrogen and oxygen atoms in total. The van der Waals surface area contributed by atoms with Crippen molar-refractivity contribution in [1.29, 1.82) is 0 Å². The summed E-state index contributed by atoms with van der Waals surface area (Å²) in [7, 11) is 0.558. The number of rotatable bonds is 2. The lowest BCUT2D eigenvalue weighted by molar-refractivity contribution is 0.0696. The molecule has 82 valence electrons. The maximum absolute atomic E-state index is 13.0. The molecule has 0 saturated carbocycles. The minimum Gasteiger partial charge on any atom is -0.478 e. The first-order valence-electron chi connectivity index (χ1n) is 3.40.